The van der Waals surface area contributed by atoms with Crippen molar-refractivity contribution >= 4 is 45.5 Å². The molecule has 0 fully saturated rings. The van der Waals surface area contributed by atoms with Crippen LogP contribution in [0.15, 0.2) is 42.5 Å². The van der Waals surface area contributed by atoms with Crippen LogP contribution in [-0.2, 0) is 4.74 Å². The number of aryl methyl sites for hydroxylation is 1. The maximum Gasteiger partial charge on any atom is 0.341 e. The largest absolute Gasteiger partial charge is 0.493 e. The zero-order chi connectivity index (χ0) is 24.8. The first-order valence-electron chi connectivity index (χ1n) is 10.2. The fourth-order valence-corrected chi connectivity index (χ4v) is 4.64. The van der Waals surface area contributed by atoms with E-state index >= 15 is 0 Å². The highest BCUT2D eigenvalue weighted by molar-refractivity contribution is 7.80. The van der Waals surface area contributed by atoms with Crippen LogP contribution in [0.25, 0.3) is 11.1 Å². The molecule has 7 nitrogen and oxygen atoms in total. The average Bonchev–Trinajstić information content (AvgIpc) is 3.13. The van der Waals surface area contributed by atoms with E-state index in [0.29, 0.717) is 22.1 Å². The Labute approximate surface area is 205 Å². The van der Waals surface area contributed by atoms with E-state index in [1.165, 1.54) is 36.6 Å². The molecule has 0 bridgehead atoms. The lowest BCUT2D eigenvalue weighted by atomic mass is 10.0. The number of halogens is 1. The molecule has 10 heteroatoms. The zero-order valence-corrected chi connectivity index (χ0v) is 20.6. The topological polar surface area (TPSA) is 85.9 Å². The fourth-order valence-electron chi connectivity index (χ4n) is 3.31. The molecule has 1 amide bonds. The van der Waals surface area contributed by atoms with E-state index in [-0.39, 0.29) is 22.8 Å². The molecule has 2 N–H and O–H groups in total. The number of thiophene rings is 1. The Kier molecular flexibility index (Phi) is 8.19. The summed E-state index contributed by atoms with van der Waals surface area (Å²) in [4.78, 5) is 26.2. The predicted molar refractivity (Wildman–Crippen MR) is 134 cm³/mol. The SMILES string of the molecule is CCOC(=O)c1c(NC(=S)NC(=O)c2cccc(F)c2)sc(C)c1-c1ccc(OC)c(OC)c1. The Hall–Kier alpha value is -3.50. The van der Waals surface area contributed by atoms with Crippen LogP contribution in [-0.4, -0.2) is 37.8 Å². The van der Waals surface area contributed by atoms with Crippen LogP contribution in [0.5, 0.6) is 11.5 Å². The maximum atomic E-state index is 13.4. The number of thiocarbonyl (C=S) groups is 1. The number of carbonyl (C=O) groups excluding carboxylic acids is 2. The molecule has 34 heavy (non-hydrogen) atoms. The number of benzene rings is 2. The molecule has 0 radical (unpaired) electrons. The Morgan fingerprint density at radius 2 is 1.82 bits per heavy atom. The van der Waals surface area contributed by atoms with Crippen LogP contribution < -0.4 is 20.1 Å². The molecular weight excluding hydrogens is 479 g/mol. The number of carbonyl (C=O) groups is 2. The summed E-state index contributed by atoms with van der Waals surface area (Å²) >= 11 is 6.56. The molecule has 0 unspecified atom stereocenters. The number of esters is 1. The Morgan fingerprint density at radius 1 is 1.09 bits per heavy atom. The van der Waals surface area contributed by atoms with Gasteiger partial charge in [-0.25, -0.2) is 9.18 Å². The fraction of sp³-hybridized carbons (Fsp3) is 0.208. The van der Waals surface area contributed by atoms with Gasteiger partial charge in [0.25, 0.3) is 5.91 Å². The van der Waals surface area contributed by atoms with Gasteiger partial charge in [0.05, 0.1) is 20.8 Å². The lowest BCUT2D eigenvalue weighted by Crippen LogP contribution is -2.34. The van der Waals surface area contributed by atoms with Gasteiger partial charge in [0.1, 0.15) is 16.4 Å². The number of hydrogen-bond acceptors (Lipinski definition) is 7. The third kappa shape index (κ3) is 5.52. The van der Waals surface area contributed by atoms with Gasteiger partial charge in [0.2, 0.25) is 0 Å². The summed E-state index contributed by atoms with van der Waals surface area (Å²) in [5, 5.41) is 5.79. The average molecular weight is 503 g/mol. The number of methoxy groups -OCH3 is 2. The monoisotopic (exact) mass is 502 g/mol. The minimum Gasteiger partial charge on any atom is -0.493 e. The van der Waals surface area contributed by atoms with Crippen LogP contribution in [0.1, 0.15) is 32.5 Å². The van der Waals surface area contributed by atoms with E-state index in [9.17, 15) is 14.0 Å². The number of ether oxygens (including phenoxy) is 3. The van der Waals surface area contributed by atoms with Crippen LogP contribution in [0, 0.1) is 12.7 Å². The van der Waals surface area contributed by atoms with E-state index < -0.39 is 17.7 Å². The van der Waals surface area contributed by atoms with Crippen LogP contribution >= 0.6 is 23.6 Å². The molecule has 178 valence electrons. The summed E-state index contributed by atoms with van der Waals surface area (Å²) in [6.07, 6.45) is 0. The molecule has 0 spiro atoms. The molecule has 0 aliphatic rings. The van der Waals surface area contributed by atoms with Crippen molar-refractivity contribution in [2.45, 2.75) is 13.8 Å². The number of amides is 1. The van der Waals surface area contributed by atoms with E-state index in [4.69, 9.17) is 26.4 Å². The number of hydrogen-bond donors (Lipinski definition) is 2. The first-order valence-corrected chi connectivity index (χ1v) is 11.4. The van der Waals surface area contributed by atoms with Crippen molar-refractivity contribution in [2.75, 3.05) is 26.1 Å². The number of anilines is 1. The van der Waals surface area contributed by atoms with E-state index in [0.717, 1.165) is 16.5 Å². The first-order chi connectivity index (χ1) is 16.3. The van der Waals surface area contributed by atoms with Crippen LogP contribution in [0.4, 0.5) is 9.39 Å². The van der Waals surface area contributed by atoms with Gasteiger partial charge >= 0.3 is 5.97 Å². The Bertz CT molecular complexity index is 1240. The standard InChI is InChI=1S/C24H23FN2O5S2/c1-5-32-23(29)20-19(14-9-10-17(30-3)18(12-14)31-4)13(2)34-22(20)27-24(33)26-21(28)15-7-6-8-16(25)11-15/h6-12H,5H2,1-4H3,(H2,26,27,28,33). The molecule has 0 saturated carbocycles. The van der Waals surface area contributed by atoms with Gasteiger partial charge in [-0.3, -0.25) is 10.1 Å². The lowest BCUT2D eigenvalue weighted by Gasteiger charge is -2.13. The second-order valence-corrected chi connectivity index (χ2v) is 8.58. The maximum absolute atomic E-state index is 13.4. The molecule has 1 aromatic heterocycles. The van der Waals surface area contributed by atoms with Gasteiger partial charge in [-0.1, -0.05) is 12.1 Å². The number of nitrogens with one attached hydrogen (secondary N) is 2. The van der Waals surface area contributed by atoms with Crippen molar-refractivity contribution in [3.8, 4) is 22.6 Å². The van der Waals surface area contributed by atoms with Crippen molar-refractivity contribution in [1.29, 1.82) is 0 Å². The first kappa shape index (κ1) is 25.1. The summed E-state index contributed by atoms with van der Waals surface area (Å²) in [7, 11) is 3.07. The van der Waals surface area contributed by atoms with Crippen LogP contribution in [0.2, 0.25) is 0 Å². The second kappa shape index (κ2) is 11.1. The highest BCUT2D eigenvalue weighted by atomic mass is 32.1. The highest BCUT2D eigenvalue weighted by Gasteiger charge is 2.26. The minimum atomic E-state index is -0.580. The molecular formula is C24H23FN2O5S2. The van der Waals surface area contributed by atoms with E-state index in [1.54, 1.807) is 26.2 Å². The number of rotatable bonds is 7. The smallest absolute Gasteiger partial charge is 0.341 e. The Balaban J connectivity index is 1.96. The van der Waals surface area contributed by atoms with Gasteiger partial charge < -0.3 is 19.5 Å². The van der Waals surface area contributed by atoms with Gasteiger partial charge in [-0.15, -0.1) is 11.3 Å². The summed E-state index contributed by atoms with van der Waals surface area (Å²) in [6.45, 7) is 3.75. The summed E-state index contributed by atoms with van der Waals surface area (Å²) in [5.74, 6) is -0.602. The normalized spacial score (nSPS) is 10.4. The predicted octanol–water partition coefficient (Wildman–Crippen LogP) is 5.18. The van der Waals surface area contributed by atoms with Gasteiger partial charge in [-0.2, -0.15) is 0 Å². The second-order valence-electron chi connectivity index (χ2n) is 6.95. The third-order valence-electron chi connectivity index (χ3n) is 4.78. The van der Waals surface area contributed by atoms with Gasteiger partial charge in [-0.05, 0) is 62.0 Å². The molecule has 0 aliphatic heterocycles. The molecule has 0 aliphatic carbocycles. The molecule has 3 rings (SSSR count). The van der Waals surface area contributed by atoms with Gasteiger partial charge in [0.15, 0.2) is 16.6 Å². The lowest BCUT2D eigenvalue weighted by molar-refractivity contribution is 0.0529. The minimum absolute atomic E-state index is 0.0417. The van der Waals surface area contributed by atoms with E-state index in [2.05, 4.69) is 10.6 Å². The summed E-state index contributed by atoms with van der Waals surface area (Å²) < 4.78 is 29.4. The zero-order valence-electron chi connectivity index (χ0n) is 19.0. The molecule has 3 aromatic rings. The van der Waals surface area contributed by atoms with Crippen molar-refractivity contribution in [3.63, 3.8) is 0 Å². The quantitative estimate of drug-likeness (QED) is 0.340. The molecule has 0 atom stereocenters. The van der Waals surface area contributed by atoms with E-state index in [1.807, 2.05) is 13.0 Å². The Morgan fingerprint density at radius 3 is 2.47 bits per heavy atom. The summed E-state index contributed by atoms with van der Waals surface area (Å²) in [5.41, 5.74) is 1.76. The molecule has 2 aromatic carbocycles. The van der Waals surface area contributed by atoms with Crippen molar-refractivity contribution < 1.29 is 28.2 Å². The van der Waals surface area contributed by atoms with Crippen LogP contribution in [0.3, 0.4) is 0 Å². The molecule has 1 heterocycles. The third-order valence-corrected chi connectivity index (χ3v) is 6.00. The van der Waals surface area contributed by atoms with Crippen molar-refractivity contribution in [1.82, 2.24) is 5.32 Å². The molecule has 0 saturated heterocycles. The summed E-state index contributed by atoms with van der Waals surface area (Å²) in [6, 6.07) is 10.6. The van der Waals surface area contributed by atoms with Crippen molar-refractivity contribution in [2.24, 2.45) is 0 Å². The highest BCUT2D eigenvalue weighted by Crippen LogP contribution is 2.42. The van der Waals surface area contributed by atoms with Crippen molar-refractivity contribution in [3.05, 3.63) is 64.3 Å². The van der Waals surface area contributed by atoms with Gasteiger partial charge in [0, 0.05) is 16.0 Å².